The number of benzene rings is 2. The van der Waals surface area contributed by atoms with Crippen LogP contribution in [0.5, 0.6) is 5.75 Å². The van der Waals surface area contributed by atoms with Crippen LogP contribution < -0.4 is 4.74 Å². The van der Waals surface area contributed by atoms with Crippen LogP contribution >= 0.6 is 11.6 Å². The summed E-state index contributed by atoms with van der Waals surface area (Å²) in [5.41, 5.74) is 3.77. The van der Waals surface area contributed by atoms with Crippen LogP contribution in [0.25, 0.3) is 0 Å². The van der Waals surface area contributed by atoms with Gasteiger partial charge < -0.3 is 4.74 Å². The normalized spacial score (nSPS) is 25.2. The monoisotopic (exact) mass is 283 g/mol. The Morgan fingerprint density at radius 3 is 2.60 bits per heavy atom. The molecule has 0 heterocycles. The maximum atomic E-state index is 11.8. The summed E-state index contributed by atoms with van der Waals surface area (Å²) in [5, 5.41) is 0.662. The Balaban J connectivity index is 2.02. The third-order valence-corrected chi connectivity index (χ3v) is 4.87. The smallest absolute Gasteiger partial charge is 0.214 e. The van der Waals surface area contributed by atoms with Gasteiger partial charge in [-0.1, -0.05) is 23.7 Å². The number of hydrogen-bond donors (Lipinski definition) is 0. The maximum absolute atomic E-state index is 11.8. The van der Waals surface area contributed by atoms with Crippen LogP contribution in [0.1, 0.15) is 34.6 Å². The molecule has 2 aromatic rings. The first-order valence-corrected chi connectivity index (χ1v) is 6.95. The summed E-state index contributed by atoms with van der Waals surface area (Å²) >= 11 is 6.11. The molecule has 0 aromatic heterocycles. The predicted octanol–water partition coefficient (Wildman–Crippen LogP) is 3.59. The van der Waals surface area contributed by atoms with E-state index in [1.54, 1.807) is 7.11 Å². The molecule has 2 nitrogen and oxygen atoms in total. The molecule has 0 saturated carbocycles. The first-order valence-electron chi connectivity index (χ1n) is 6.57. The van der Waals surface area contributed by atoms with Crippen molar-refractivity contribution < 1.29 is 9.53 Å². The largest absolute Gasteiger partial charge is 0.497 e. The van der Waals surface area contributed by atoms with Crippen LogP contribution in [0.3, 0.4) is 0 Å². The standard InChI is InChI=1S/C17H12ClO2/c1-20-11-3-5-13-14-8-17(9-19,16(13)7-11)15-6-10(18)2-4-12(14)15/h2-7,14H,8H2,1H3. The molecule has 0 spiro atoms. The number of fused-ring (bicyclic) bond motifs is 8. The van der Waals surface area contributed by atoms with Gasteiger partial charge in [0.15, 0.2) is 0 Å². The Kier molecular flexibility index (Phi) is 2.31. The Morgan fingerprint density at radius 1 is 1.20 bits per heavy atom. The van der Waals surface area contributed by atoms with Crippen molar-refractivity contribution in [3.63, 3.8) is 0 Å². The van der Waals surface area contributed by atoms with Gasteiger partial charge in [0.05, 0.1) is 12.5 Å². The Hall–Kier alpha value is -1.80. The van der Waals surface area contributed by atoms with E-state index in [2.05, 4.69) is 12.4 Å². The number of halogens is 1. The Bertz CT molecular complexity index is 738. The first kappa shape index (κ1) is 12.0. The molecule has 2 aromatic carbocycles. The molecular formula is C17H12ClO2. The number of rotatable bonds is 2. The van der Waals surface area contributed by atoms with Gasteiger partial charge in [-0.05, 0) is 52.9 Å². The lowest BCUT2D eigenvalue weighted by Gasteiger charge is -2.25. The van der Waals surface area contributed by atoms with Crippen molar-refractivity contribution in [2.24, 2.45) is 0 Å². The van der Waals surface area contributed by atoms with Gasteiger partial charge in [0.25, 0.3) is 0 Å². The molecule has 0 fully saturated rings. The molecule has 2 aliphatic rings. The SMILES string of the molecule is COc1ccc2c(c1)C1([C]=O)CC2c2ccc(Cl)cc21. The molecule has 0 saturated heterocycles. The van der Waals surface area contributed by atoms with E-state index in [1.165, 1.54) is 11.1 Å². The van der Waals surface area contributed by atoms with Crippen molar-refractivity contribution >= 4 is 17.9 Å². The lowest BCUT2D eigenvalue weighted by atomic mass is 9.76. The maximum Gasteiger partial charge on any atom is 0.214 e. The minimum absolute atomic E-state index is 0.268. The van der Waals surface area contributed by atoms with E-state index in [9.17, 15) is 4.79 Å². The zero-order valence-corrected chi connectivity index (χ0v) is 11.7. The number of ether oxygens (including phenoxy) is 1. The predicted molar refractivity (Wildman–Crippen MR) is 77.4 cm³/mol. The molecule has 2 bridgehead atoms. The molecular weight excluding hydrogens is 272 g/mol. The van der Waals surface area contributed by atoms with Gasteiger partial charge in [-0.2, -0.15) is 0 Å². The average Bonchev–Trinajstić information content (AvgIpc) is 2.98. The average molecular weight is 284 g/mol. The van der Waals surface area contributed by atoms with E-state index in [1.807, 2.05) is 30.3 Å². The molecule has 4 rings (SSSR count). The van der Waals surface area contributed by atoms with Gasteiger partial charge >= 0.3 is 0 Å². The highest BCUT2D eigenvalue weighted by atomic mass is 35.5. The fourth-order valence-electron chi connectivity index (χ4n) is 3.75. The summed E-state index contributed by atoms with van der Waals surface area (Å²) in [4.78, 5) is 11.8. The molecule has 99 valence electrons. The molecule has 20 heavy (non-hydrogen) atoms. The second kappa shape index (κ2) is 3.86. The first-order chi connectivity index (χ1) is 9.69. The van der Waals surface area contributed by atoms with Crippen molar-refractivity contribution in [3.8, 4) is 5.75 Å². The minimum Gasteiger partial charge on any atom is -0.497 e. The lowest BCUT2D eigenvalue weighted by molar-refractivity contribution is 0.413. The molecule has 2 atom stereocenters. The summed E-state index contributed by atoms with van der Waals surface area (Å²) in [7, 11) is 1.64. The van der Waals surface area contributed by atoms with E-state index in [0.29, 0.717) is 5.02 Å². The van der Waals surface area contributed by atoms with Crippen molar-refractivity contribution in [2.45, 2.75) is 17.8 Å². The van der Waals surface area contributed by atoms with Crippen LogP contribution in [0.4, 0.5) is 0 Å². The highest BCUT2D eigenvalue weighted by molar-refractivity contribution is 6.30. The van der Waals surface area contributed by atoms with Crippen LogP contribution in [0, 0.1) is 0 Å². The minimum atomic E-state index is -0.672. The van der Waals surface area contributed by atoms with E-state index in [0.717, 1.165) is 23.3 Å². The number of hydrogen-bond acceptors (Lipinski definition) is 2. The van der Waals surface area contributed by atoms with Crippen LogP contribution in [0.15, 0.2) is 36.4 Å². The number of methoxy groups -OCH3 is 1. The van der Waals surface area contributed by atoms with Crippen molar-refractivity contribution in [2.75, 3.05) is 7.11 Å². The summed E-state index contributed by atoms with van der Waals surface area (Å²) in [6.07, 6.45) is 3.05. The third kappa shape index (κ3) is 1.27. The van der Waals surface area contributed by atoms with E-state index < -0.39 is 5.41 Å². The molecule has 1 radical (unpaired) electrons. The highest BCUT2D eigenvalue weighted by Gasteiger charge is 2.53. The fraction of sp³-hybridized carbons (Fsp3) is 0.235. The highest BCUT2D eigenvalue weighted by Crippen LogP contribution is 2.60. The Labute approximate surface area is 122 Å². The zero-order valence-electron chi connectivity index (χ0n) is 10.9. The van der Waals surface area contributed by atoms with Gasteiger partial charge in [0.2, 0.25) is 6.29 Å². The van der Waals surface area contributed by atoms with Crippen molar-refractivity contribution in [3.05, 3.63) is 63.7 Å². The molecule has 0 aliphatic heterocycles. The van der Waals surface area contributed by atoms with E-state index in [4.69, 9.17) is 16.3 Å². The molecule has 0 amide bonds. The Morgan fingerprint density at radius 2 is 1.90 bits per heavy atom. The lowest BCUT2D eigenvalue weighted by Crippen LogP contribution is -2.25. The van der Waals surface area contributed by atoms with Crippen LogP contribution in [-0.2, 0) is 10.2 Å². The van der Waals surface area contributed by atoms with Gasteiger partial charge in [0, 0.05) is 10.9 Å². The summed E-state index contributed by atoms with van der Waals surface area (Å²) in [6, 6.07) is 11.8. The summed E-state index contributed by atoms with van der Waals surface area (Å²) in [6.45, 7) is 0. The van der Waals surface area contributed by atoms with Gasteiger partial charge in [-0.15, -0.1) is 0 Å². The fourth-order valence-corrected chi connectivity index (χ4v) is 3.92. The van der Waals surface area contributed by atoms with Crippen LogP contribution in [0.2, 0.25) is 5.02 Å². The summed E-state index contributed by atoms with van der Waals surface area (Å²) < 4.78 is 5.29. The second-order valence-corrected chi connectivity index (χ2v) is 5.89. The van der Waals surface area contributed by atoms with E-state index >= 15 is 0 Å². The van der Waals surface area contributed by atoms with E-state index in [-0.39, 0.29) is 5.92 Å². The topological polar surface area (TPSA) is 26.3 Å². The number of carbonyl (C=O) groups excluding carboxylic acids is 1. The molecule has 2 unspecified atom stereocenters. The molecule has 0 N–H and O–H groups in total. The van der Waals surface area contributed by atoms with Gasteiger partial charge in [0.1, 0.15) is 5.75 Å². The third-order valence-electron chi connectivity index (χ3n) is 4.63. The van der Waals surface area contributed by atoms with Crippen LogP contribution in [-0.4, -0.2) is 13.4 Å². The zero-order chi connectivity index (χ0) is 13.9. The second-order valence-electron chi connectivity index (χ2n) is 5.45. The summed E-state index contributed by atoms with van der Waals surface area (Å²) in [5.74, 6) is 1.04. The quantitative estimate of drug-likeness (QED) is 0.842. The van der Waals surface area contributed by atoms with Crippen molar-refractivity contribution in [1.82, 2.24) is 0 Å². The van der Waals surface area contributed by atoms with Gasteiger partial charge in [-0.25, -0.2) is 0 Å². The van der Waals surface area contributed by atoms with Gasteiger partial charge in [-0.3, -0.25) is 4.79 Å². The molecule has 3 heteroatoms. The van der Waals surface area contributed by atoms with Crippen molar-refractivity contribution in [1.29, 1.82) is 0 Å². The molecule has 2 aliphatic carbocycles.